The number of hydrogen-bond donors (Lipinski definition) is 1. The van der Waals surface area contributed by atoms with E-state index in [-0.39, 0.29) is 11.2 Å². The number of hydrogen-bond acceptors (Lipinski definition) is 7. The Morgan fingerprint density at radius 2 is 1.87 bits per heavy atom. The second kappa shape index (κ2) is 11.5. The van der Waals surface area contributed by atoms with Crippen LogP contribution in [0.1, 0.15) is 43.7 Å². The Hall–Kier alpha value is -2.80. The van der Waals surface area contributed by atoms with Crippen molar-refractivity contribution in [2.75, 3.05) is 27.4 Å². The van der Waals surface area contributed by atoms with Crippen molar-refractivity contribution in [1.82, 2.24) is 4.90 Å². The molecule has 1 atom stereocenters. The molecule has 2 N–H and O–H groups in total. The molecule has 38 heavy (non-hydrogen) atoms. The molecule has 2 aromatic rings. The number of nitrogens with zero attached hydrogens (tertiary/aromatic N) is 2. The molecule has 0 saturated carbocycles. The first-order valence-electron chi connectivity index (χ1n) is 12.3. The average molecular weight is 645 g/mol. The van der Waals surface area contributed by atoms with Crippen LogP contribution in [0.3, 0.4) is 0 Å². The molecule has 7 nitrogen and oxygen atoms in total. The lowest BCUT2D eigenvalue weighted by Crippen LogP contribution is -2.43. The zero-order valence-corrected chi connectivity index (χ0v) is 25.1. The average Bonchev–Trinajstić information content (AvgIpc) is 2.87. The number of halogens is 2. The molecule has 4 rings (SSSR count). The lowest BCUT2D eigenvalue weighted by atomic mass is 9.68. The molecule has 0 fully saturated rings. The van der Waals surface area contributed by atoms with Crippen LogP contribution >= 0.6 is 31.9 Å². The van der Waals surface area contributed by atoms with Crippen LogP contribution in [0, 0.1) is 16.7 Å². The first-order chi connectivity index (χ1) is 18.1. The summed E-state index contributed by atoms with van der Waals surface area (Å²) in [6, 6.07) is 13.9. The van der Waals surface area contributed by atoms with Gasteiger partial charge in [-0.2, -0.15) is 5.26 Å². The fourth-order valence-corrected chi connectivity index (χ4v) is 5.97. The summed E-state index contributed by atoms with van der Waals surface area (Å²) in [7, 11) is 3.19. The van der Waals surface area contributed by atoms with Crippen molar-refractivity contribution in [2.24, 2.45) is 11.1 Å². The first kappa shape index (κ1) is 28.2. The van der Waals surface area contributed by atoms with Gasteiger partial charge in [0.1, 0.15) is 12.4 Å². The van der Waals surface area contributed by atoms with Gasteiger partial charge in [-0.3, -0.25) is 4.79 Å². The Balaban J connectivity index is 1.79. The van der Waals surface area contributed by atoms with E-state index in [1.54, 1.807) is 14.2 Å². The van der Waals surface area contributed by atoms with Crippen LogP contribution in [0.4, 0.5) is 0 Å². The molecular formula is C29H31Br2N3O4. The number of rotatable bonds is 8. The van der Waals surface area contributed by atoms with E-state index < -0.39 is 5.92 Å². The second-order valence-corrected chi connectivity index (χ2v) is 12.0. The van der Waals surface area contributed by atoms with Gasteiger partial charge in [-0.1, -0.05) is 41.9 Å². The number of allylic oxidation sites excluding steroid dienone is 3. The summed E-state index contributed by atoms with van der Waals surface area (Å²) in [6.45, 7) is 5.38. The molecule has 0 radical (unpaired) electrons. The number of methoxy groups -OCH3 is 2. The van der Waals surface area contributed by atoms with E-state index in [2.05, 4.69) is 51.8 Å². The highest BCUT2D eigenvalue weighted by Crippen LogP contribution is 2.50. The van der Waals surface area contributed by atoms with Crippen LogP contribution in [0.5, 0.6) is 11.5 Å². The molecule has 2 aromatic carbocycles. The largest absolute Gasteiger partial charge is 0.493 e. The van der Waals surface area contributed by atoms with E-state index >= 15 is 0 Å². The number of ether oxygens (including phenoxy) is 3. The molecule has 0 unspecified atom stereocenters. The van der Waals surface area contributed by atoms with Crippen LogP contribution in [0.2, 0.25) is 0 Å². The molecule has 200 valence electrons. The van der Waals surface area contributed by atoms with E-state index in [1.807, 2.05) is 41.3 Å². The van der Waals surface area contributed by atoms with Crippen molar-refractivity contribution in [1.29, 1.82) is 5.26 Å². The van der Waals surface area contributed by atoms with Crippen molar-refractivity contribution in [3.05, 3.63) is 79.1 Å². The predicted octanol–water partition coefficient (Wildman–Crippen LogP) is 6.18. The van der Waals surface area contributed by atoms with Crippen LogP contribution in [0.15, 0.2) is 68.0 Å². The van der Waals surface area contributed by atoms with E-state index in [0.717, 1.165) is 21.3 Å². The Kier molecular flexibility index (Phi) is 8.55. The third-order valence-electron chi connectivity index (χ3n) is 6.89. The minimum Gasteiger partial charge on any atom is -0.493 e. The predicted molar refractivity (Wildman–Crippen MR) is 152 cm³/mol. The highest BCUT2D eigenvalue weighted by Gasteiger charge is 2.44. The van der Waals surface area contributed by atoms with Gasteiger partial charge in [0.15, 0.2) is 17.3 Å². The normalized spacial score (nSPS) is 18.8. The van der Waals surface area contributed by atoms with Crippen molar-refractivity contribution >= 4 is 37.6 Å². The fraction of sp³-hybridized carbons (Fsp3) is 0.379. The van der Waals surface area contributed by atoms with Gasteiger partial charge >= 0.3 is 0 Å². The second-order valence-electron chi connectivity index (χ2n) is 10.2. The van der Waals surface area contributed by atoms with Crippen molar-refractivity contribution < 1.29 is 19.0 Å². The smallest absolute Gasteiger partial charge is 0.175 e. The minimum atomic E-state index is -0.608. The van der Waals surface area contributed by atoms with Crippen LogP contribution < -0.4 is 15.2 Å². The maximum atomic E-state index is 13.6. The number of carbonyl (C=O) groups is 1. The molecule has 0 spiro atoms. The standard InChI is InChI=1S/C29H31Br2N3O4/c1-29(2)13-22-26(23(35)14-29)25(20(15-32)28(33)34(22)9-10-36-3)18-11-21(31)27(24(12-18)37-4)38-16-17-5-7-19(30)8-6-17/h5-8,11-12,25H,9-10,13-14,16,33H2,1-4H3/t25-/m1/s1. The Morgan fingerprint density at radius 1 is 1.16 bits per heavy atom. The van der Waals surface area contributed by atoms with Crippen molar-refractivity contribution in [3.63, 3.8) is 0 Å². The number of ketones is 1. The Labute approximate surface area is 240 Å². The molecule has 0 amide bonds. The zero-order valence-electron chi connectivity index (χ0n) is 21.9. The number of benzene rings is 2. The summed E-state index contributed by atoms with van der Waals surface area (Å²) in [4.78, 5) is 15.5. The highest BCUT2D eigenvalue weighted by atomic mass is 79.9. The minimum absolute atomic E-state index is 0.0228. The monoisotopic (exact) mass is 643 g/mol. The zero-order chi connectivity index (χ0) is 27.6. The van der Waals surface area contributed by atoms with Crippen molar-refractivity contribution in [3.8, 4) is 17.6 Å². The Bertz CT molecular complexity index is 1340. The molecule has 2 aliphatic rings. The molecule has 0 saturated heterocycles. The summed E-state index contributed by atoms with van der Waals surface area (Å²) in [6.07, 6.45) is 1.06. The van der Waals surface area contributed by atoms with Gasteiger partial charge in [-0.05, 0) is 63.2 Å². The summed E-state index contributed by atoms with van der Waals surface area (Å²) < 4.78 is 18.8. The Morgan fingerprint density at radius 3 is 2.50 bits per heavy atom. The molecule has 1 aliphatic heterocycles. The lowest BCUT2D eigenvalue weighted by molar-refractivity contribution is -0.118. The van der Waals surface area contributed by atoms with Gasteiger partial charge in [-0.25, -0.2) is 0 Å². The quantitative estimate of drug-likeness (QED) is 0.366. The molecule has 1 heterocycles. The summed E-state index contributed by atoms with van der Waals surface area (Å²) in [5.41, 5.74) is 9.94. The number of carbonyl (C=O) groups excluding carboxylic acids is 1. The SMILES string of the molecule is COCCN1C(N)=C(C#N)[C@@H](c2cc(Br)c(OCc3ccc(Br)cc3)c(OC)c2)C2=C1CC(C)(C)CC2=O. The topological polar surface area (TPSA) is 97.8 Å². The molecule has 0 aromatic heterocycles. The molecule has 9 heteroatoms. The maximum Gasteiger partial charge on any atom is 0.175 e. The van der Waals surface area contributed by atoms with Crippen LogP contribution in [-0.4, -0.2) is 38.1 Å². The van der Waals surface area contributed by atoms with E-state index in [4.69, 9.17) is 19.9 Å². The summed E-state index contributed by atoms with van der Waals surface area (Å²) in [5.74, 6) is 0.800. The van der Waals surface area contributed by atoms with Gasteiger partial charge in [0.2, 0.25) is 0 Å². The summed E-state index contributed by atoms with van der Waals surface area (Å²) in [5, 5.41) is 10.2. The fourth-order valence-electron chi connectivity index (χ4n) is 5.13. The number of nitrogens with two attached hydrogens (primary N) is 1. The van der Waals surface area contributed by atoms with E-state index in [9.17, 15) is 10.1 Å². The van der Waals surface area contributed by atoms with Gasteiger partial charge in [0.05, 0.1) is 35.7 Å². The highest BCUT2D eigenvalue weighted by molar-refractivity contribution is 9.10. The first-order valence-corrected chi connectivity index (χ1v) is 13.9. The third-order valence-corrected chi connectivity index (χ3v) is 8.01. The number of nitriles is 1. The van der Waals surface area contributed by atoms with Gasteiger partial charge in [0.25, 0.3) is 0 Å². The summed E-state index contributed by atoms with van der Waals surface area (Å²) >= 11 is 7.09. The molecular weight excluding hydrogens is 614 g/mol. The van der Waals surface area contributed by atoms with Crippen LogP contribution in [-0.2, 0) is 16.1 Å². The molecule has 1 aliphatic carbocycles. The number of Topliss-reactive ketones (excluding diaryl/α,β-unsaturated/α-hetero) is 1. The van der Waals surface area contributed by atoms with Gasteiger partial charge in [0, 0.05) is 35.8 Å². The third kappa shape index (κ3) is 5.63. The lowest BCUT2D eigenvalue weighted by Gasteiger charge is -2.43. The van der Waals surface area contributed by atoms with Crippen LogP contribution in [0.25, 0.3) is 0 Å². The van der Waals surface area contributed by atoms with Crippen molar-refractivity contribution in [2.45, 2.75) is 39.2 Å². The maximum absolute atomic E-state index is 13.6. The molecule has 0 bridgehead atoms. The van der Waals surface area contributed by atoms with Gasteiger partial charge < -0.3 is 24.8 Å². The van der Waals surface area contributed by atoms with E-state index in [1.165, 1.54) is 0 Å². The van der Waals surface area contributed by atoms with E-state index in [0.29, 0.717) is 65.5 Å². The van der Waals surface area contributed by atoms with Gasteiger partial charge in [-0.15, -0.1) is 0 Å².